The number of hydrogen-bond acceptors (Lipinski definition) is 4. The van der Waals surface area contributed by atoms with E-state index in [1.807, 2.05) is 13.0 Å². The van der Waals surface area contributed by atoms with Crippen LogP contribution in [0.25, 0.3) is 0 Å². The zero-order valence-corrected chi connectivity index (χ0v) is 13.6. The molecular weight excluding hydrogens is 362 g/mol. The lowest BCUT2D eigenvalue weighted by molar-refractivity contribution is 0.0656. The van der Waals surface area contributed by atoms with Crippen LogP contribution in [0.2, 0.25) is 0 Å². The molecule has 2 rings (SSSR count). The van der Waals surface area contributed by atoms with Gasteiger partial charge in [-0.25, -0.2) is 4.79 Å². The Morgan fingerprint density at radius 2 is 1.95 bits per heavy atom. The standard InChI is InChI=1S/C13H12BrNO5S/c1-7-5-8(2)12(9(14)6-7)15-21(18,19)11-4-3-10(20-11)13(16)17/h3-6,15H,1-2H3,(H,16,17). The van der Waals surface area contributed by atoms with Gasteiger partial charge in [-0.15, -0.1) is 0 Å². The van der Waals surface area contributed by atoms with Gasteiger partial charge in [0.15, 0.2) is 0 Å². The fraction of sp³-hybridized carbons (Fsp3) is 0.154. The Hall–Kier alpha value is -1.80. The Morgan fingerprint density at radius 3 is 2.48 bits per heavy atom. The molecule has 0 saturated heterocycles. The molecule has 0 radical (unpaired) electrons. The Morgan fingerprint density at radius 1 is 1.29 bits per heavy atom. The molecule has 6 nitrogen and oxygen atoms in total. The van der Waals surface area contributed by atoms with E-state index in [2.05, 4.69) is 20.7 Å². The molecule has 0 unspecified atom stereocenters. The van der Waals surface area contributed by atoms with Crippen LogP contribution in [-0.2, 0) is 10.0 Å². The molecule has 0 aliphatic carbocycles. The summed E-state index contributed by atoms with van der Waals surface area (Å²) >= 11 is 3.30. The molecule has 1 aromatic carbocycles. The maximum Gasteiger partial charge on any atom is 0.371 e. The predicted molar refractivity (Wildman–Crippen MR) is 80.1 cm³/mol. The highest BCUT2D eigenvalue weighted by Gasteiger charge is 2.22. The number of furan rings is 1. The van der Waals surface area contributed by atoms with Crippen LogP contribution in [0.15, 0.2) is 38.2 Å². The summed E-state index contributed by atoms with van der Waals surface area (Å²) in [5.74, 6) is -1.76. The highest BCUT2D eigenvalue weighted by Crippen LogP contribution is 2.30. The van der Waals surface area contributed by atoms with E-state index in [0.29, 0.717) is 10.2 Å². The second-order valence-electron chi connectivity index (χ2n) is 4.47. The first kappa shape index (κ1) is 15.6. The van der Waals surface area contributed by atoms with Crippen molar-refractivity contribution >= 4 is 37.6 Å². The van der Waals surface area contributed by atoms with Crippen LogP contribution >= 0.6 is 15.9 Å². The van der Waals surface area contributed by atoms with Gasteiger partial charge in [0.05, 0.1) is 5.69 Å². The number of aryl methyl sites for hydroxylation is 2. The average molecular weight is 374 g/mol. The molecule has 8 heteroatoms. The van der Waals surface area contributed by atoms with Crippen molar-refractivity contribution in [1.29, 1.82) is 0 Å². The van der Waals surface area contributed by atoms with Crippen molar-refractivity contribution in [2.45, 2.75) is 18.9 Å². The minimum atomic E-state index is -3.99. The van der Waals surface area contributed by atoms with Gasteiger partial charge in [-0.3, -0.25) is 4.72 Å². The minimum Gasteiger partial charge on any atom is -0.475 e. The molecule has 0 aliphatic heterocycles. The number of sulfonamides is 1. The SMILES string of the molecule is Cc1cc(C)c(NS(=O)(=O)c2ccc(C(=O)O)o2)c(Br)c1. The van der Waals surface area contributed by atoms with E-state index in [-0.39, 0.29) is 0 Å². The molecular formula is C13H12BrNO5S. The molecule has 1 heterocycles. The summed E-state index contributed by atoms with van der Waals surface area (Å²) in [7, 11) is -3.99. The molecule has 0 bridgehead atoms. The summed E-state index contributed by atoms with van der Waals surface area (Å²) in [6.07, 6.45) is 0. The van der Waals surface area contributed by atoms with Crippen molar-refractivity contribution < 1.29 is 22.7 Å². The normalized spacial score (nSPS) is 11.4. The molecule has 0 aliphatic rings. The lowest BCUT2D eigenvalue weighted by atomic mass is 10.1. The first-order chi connectivity index (χ1) is 9.70. The first-order valence-corrected chi connectivity index (χ1v) is 8.11. The molecule has 2 aromatic rings. The van der Waals surface area contributed by atoms with E-state index < -0.39 is 26.8 Å². The number of carbonyl (C=O) groups is 1. The van der Waals surface area contributed by atoms with Crippen molar-refractivity contribution in [2.24, 2.45) is 0 Å². The highest BCUT2D eigenvalue weighted by molar-refractivity contribution is 9.10. The summed E-state index contributed by atoms with van der Waals surface area (Å²) in [5, 5.41) is 8.30. The van der Waals surface area contributed by atoms with Gasteiger partial charge in [0.1, 0.15) is 0 Å². The number of halogens is 1. The van der Waals surface area contributed by atoms with Crippen molar-refractivity contribution in [3.05, 3.63) is 45.6 Å². The van der Waals surface area contributed by atoms with Crippen LogP contribution in [0, 0.1) is 13.8 Å². The number of carboxylic acids is 1. The van der Waals surface area contributed by atoms with Crippen molar-refractivity contribution in [2.75, 3.05) is 4.72 Å². The van der Waals surface area contributed by atoms with Crippen LogP contribution in [0.4, 0.5) is 5.69 Å². The molecule has 0 amide bonds. The summed E-state index contributed by atoms with van der Waals surface area (Å²) in [6, 6.07) is 5.79. The van der Waals surface area contributed by atoms with Crippen LogP contribution < -0.4 is 4.72 Å². The van der Waals surface area contributed by atoms with Gasteiger partial charge in [0.2, 0.25) is 10.9 Å². The van der Waals surface area contributed by atoms with Crippen molar-refractivity contribution in [3.63, 3.8) is 0 Å². The van der Waals surface area contributed by atoms with Crippen LogP contribution in [-0.4, -0.2) is 19.5 Å². The molecule has 0 saturated carbocycles. The smallest absolute Gasteiger partial charge is 0.371 e. The van der Waals surface area contributed by atoms with Crippen LogP contribution in [0.3, 0.4) is 0 Å². The second kappa shape index (κ2) is 5.53. The monoisotopic (exact) mass is 373 g/mol. The summed E-state index contributed by atoms with van der Waals surface area (Å²) < 4.78 is 32.2. The summed E-state index contributed by atoms with van der Waals surface area (Å²) in [4.78, 5) is 10.7. The van der Waals surface area contributed by atoms with Crippen LogP contribution in [0.1, 0.15) is 21.7 Å². The summed E-state index contributed by atoms with van der Waals surface area (Å²) in [5.41, 5.74) is 2.10. The van der Waals surface area contributed by atoms with E-state index >= 15 is 0 Å². The summed E-state index contributed by atoms with van der Waals surface area (Å²) in [6.45, 7) is 3.65. The third-order valence-corrected chi connectivity index (χ3v) is 4.57. The Labute approximate surface area is 130 Å². The maximum absolute atomic E-state index is 12.2. The topological polar surface area (TPSA) is 96.6 Å². The van der Waals surface area contributed by atoms with Gasteiger partial charge < -0.3 is 9.52 Å². The van der Waals surface area contributed by atoms with Gasteiger partial charge in [-0.2, -0.15) is 8.42 Å². The fourth-order valence-electron chi connectivity index (χ4n) is 1.81. The van der Waals surface area contributed by atoms with Gasteiger partial charge in [0.25, 0.3) is 10.0 Å². The Kier molecular flexibility index (Phi) is 4.11. The lowest BCUT2D eigenvalue weighted by Gasteiger charge is -2.12. The maximum atomic E-state index is 12.2. The van der Waals surface area contributed by atoms with Gasteiger partial charge in [0, 0.05) is 4.47 Å². The van der Waals surface area contributed by atoms with E-state index in [1.165, 1.54) is 0 Å². The van der Waals surface area contributed by atoms with E-state index in [4.69, 9.17) is 9.52 Å². The van der Waals surface area contributed by atoms with Crippen molar-refractivity contribution in [3.8, 4) is 0 Å². The van der Waals surface area contributed by atoms with E-state index in [9.17, 15) is 13.2 Å². The number of carboxylic acid groups (broad SMARTS) is 1. The van der Waals surface area contributed by atoms with E-state index in [0.717, 1.165) is 23.3 Å². The predicted octanol–water partition coefficient (Wildman–Crippen LogP) is 3.16. The number of nitrogens with one attached hydrogen (secondary N) is 1. The molecule has 21 heavy (non-hydrogen) atoms. The quantitative estimate of drug-likeness (QED) is 0.857. The van der Waals surface area contributed by atoms with Gasteiger partial charge in [-0.05, 0) is 59.1 Å². The number of anilines is 1. The van der Waals surface area contributed by atoms with Gasteiger partial charge in [-0.1, -0.05) is 6.07 Å². The Balaban J connectivity index is 2.40. The number of benzene rings is 1. The second-order valence-corrected chi connectivity index (χ2v) is 6.94. The molecule has 0 atom stereocenters. The average Bonchev–Trinajstić information content (AvgIpc) is 2.84. The zero-order valence-electron chi connectivity index (χ0n) is 11.2. The molecule has 112 valence electrons. The number of hydrogen-bond donors (Lipinski definition) is 2. The van der Waals surface area contributed by atoms with Gasteiger partial charge >= 0.3 is 5.97 Å². The lowest BCUT2D eigenvalue weighted by Crippen LogP contribution is -2.13. The van der Waals surface area contributed by atoms with Crippen molar-refractivity contribution in [1.82, 2.24) is 0 Å². The molecule has 1 aromatic heterocycles. The molecule has 0 fully saturated rings. The Bertz CT molecular complexity index is 787. The minimum absolute atomic E-state index is 0.383. The highest BCUT2D eigenvalue weighted by atomic mass is 79.9. The first-order valence-electron chi connectivity index (χ1n) is 5.83. The fourth-order valence-corrected chi connectivity index (χ4v) is 3.80. The number of aromatic carboxylic acids is 1. The zero-order chi connectivity index (χ0) is 15.8. The molecule has 0 spiro atoms. The third kappa shape index (κ3) is 3.27. The molecule has 2 N–H and O–H groups in total. The van der Waals surface area contributed by atoms with Crippen LogP contribution in [0.5, 0.6) is 0 Å². The largest absolute Gasteiger partial charge is 0.475 e. The number of rotatable bonds is 4. The third-order valence-electron chi connectivity index (χ3n) is 2.73. The van der Waals surface area contributed by atoms with E-state index in [1.54, 1.807) is 13.0 Å².